The van der Waals surface area contributed by atoms with Crippen molar-refractivity contribution in [2.45, 2.75) is 25.8 Å². The van der Waals surface area contributed by atoms with E-state index in [1.807, 2.05) is 5.38 Å². The molecule has 8 heteroatoms. The highest BCUT2D eigenvalue weighted by Gasteiger charge is 2.28. The Kier molecular flexibility index (Phi) is 6.76. The number of nitrogens with zero attached hydrogens (tertiary/aromatic N) is 3. The zero-order chi connectivity index (χ0) is 20.9. The van der Waals surface area contributed by atoms with Crippen LogP contribution in [0.1, 0.15) is 24.1 Å². The van der Waals surface area contributed by atoms with Gasteiger partial charge in [-0.3, -0.25) is 14.5 Å². The molecule has 0 aliphatic carbocycles. The lowest BCUT2D eigenvalue weighted by atomic mass is 9.98. The summed E-state index contributed by atoms with van der Waals surface area (Å²) in [5.74, 6) is -1.32. The van der Waals surface area contributed by atoms with Crippen LogP contribution in [0.4, 0.5) is 0 Å². The second-order valence-electron chi connectivity index (χ2n) is 7.93. The molecule has 1 unspecified atom stereocenters. The standard InChI is InChI=1S/C22H27N3O4S/c26-20(25-6-2-5-18(14-25)22(27)28)12-19-15-30-21(23-19)17-4-1-3-16(11-17)13-24-7-9-29-10-8-24/h1,3-4,11,15,18H,2,5-10,12-14H2,(H,27,28). The maximum absolute atomic E-state index is 12.6. The van der Waals surface area contributed by atoms with E-state index < -0.39 is 11.9 Å². The minimum Gasteiger partial charge on any atom is -0.481 e. The van der Waals surface area contributed by atoms with Gasteiger partial charge in [-0.1, -0.05) is 18.2 Å². The van der Waals surface area contributed by atoms with E-state index in [4.69, 9.17) is 4.74 Å². The summed E-state index contributed by atoms with van der Waals surface area (Å²) in [7, 11) is 0. The normalized spacial score (nSPS) is 20.3. The van der Waals surface area contributed by atoms with Gasteiger partial charge in [0, 0.05) is 43.7 Å². The second kappa shape index (κ2) is 9.68. The Hall–Kier alpha value is -2.29. The fourth-order valence-electron chi connectivity index (χ4n) is 4.01. The quantitative estimate of drug-likeness (QED) is 0.760. The van der Waals surface area contributed by atoms with Gasteiger partial charge >= 0.3 is 5.97 Å². The Bertz CT molecular complexity index is 894. The van der Waals surface area contributed by atoms with Gasteiger partial charge in [0.15, 0.2) is 0 Å². The van der Waals surface area contributed by atoms with E-state index in [1.165, 1.54) is 5.56 Å². The van der Waals surface area contributed by atoms with E-state index >= 15 is 0 Å². The third-order valence-electron chi connectivity index (χ3n) is 5.69. The topological polar surface area (TPSA) is 83.0 Å². The largest absolute Gasteiger partial charge is 0.481 e. The molecule has 1 atom stereocenters. The van der Waals surface area contributed by atoms with Crippen LogP contribution in [0.5, 0.6) is 0 Å². The van der Waals surface area contributed by atoms with Crippen LogP contribution in [0.3, 0.4) is 0 Å². The Morgan fingerprint density at radius 2 is 2.07 bits per heavy atom. The molecule has 30 heavy (non-hydrogen) atoms. The van der Waals surface area contributed by atoms with Crippen LogP contribution in [0.15, 0.2) is 29.6 Å². The van der Waals surface area contributed by atoms with Crippen molar-refractivity contribution < 1.29 is 19.4 Å². The van der Waals surface area contributed by atoms with Gasteiger partial charge in [0.1, 0.15) is 5.01 Å². The van der Waals surface area contributed by atoms with Crippen LogP contribution in [0, 0.1) is 5.92 Å². The molecule has 2 fully saturated rings. The SMILES string of the molecule is O=C(O)C1CCCN(C(=O)Cc2csc(-c3cccc(CN4CCOCC4)c3)n2)C1. The minimum absolute atomic E-state index is 0.0427. The predicted octanol–water partition coefficient (Wildman–Crippen LogP) is 2.51. The van der Waals surface area contributed by atoms with Crippen molar-refractivity contribution in [3.63, 3.8) is 0 Å². The number of likely N-dealkylation sites (tertiary alicyclic amines) is 1. The number of amides is 1. The summed E-state index contributed by atoms with van der Waals surface area (Å²) in [6, 6.07) is 8.40. The Morgan fingerprint density at radius 3 is 2.87 bits per heavy atom. The molecule has 2 aromatic rings. The molecule has 1 aromatic carbocycles. The molecule has 2 aliphatic rings. The number of carboxylic acid groups (broad SMARTS) is 1. The molecule has 0 bridgehead atoms. The molecule has 7 nitrogen and oxygen atoms in total. The fourth-order valence-corrected chi connectivity index (χ4v) is 4.83. The van der Waals surface area contributed by atoms with E-state index in [0.717, 1.165) is 55.5 Å². The summed E-state index contributed by atoms with van der Waals surface area (Å²) in [4.78, 5) is 32.6. The van der Waals surface area contributed by atoms with E-state index in [-0.39, 0.29) is 12.3 Å². The lowest BCUT2D eigenvalue weighted by Crippen LogP contribution is -2.43. The molecule has 160 valence electrons. The lowest BCUT2D eigenvalue weighted by molar-refractivity contribution is -0.145. The first-order chi connectivity index (χ1) is 14.6. The maximum atomic E-state index is 12.6. The van der Waals surface area contributed by atoms with Crippen LogP contribution in [0.25, 0.3) is 10.6 Å². The highest BCUT2D eigenvalue weighted by molar-refractivity contribution is 7.13. The number of aliphatic carboxylic acids is 1. The maximum Gasteiger partial charge on any atom is 0.308 e. The number of morpholine rings is 1. The Balaban J connectivity index is 1.38. The van der Waals surface area contributed by atoms with Crippen molar-refractivity contribution in [2.24, 2.45) is 5.92 Å². The zero-order valence-electron chi connectivity index (χ0n) is 17.0. The van der Waals surface area contributed by atoms with Crippen LogP contribution < -0.4 is 0 Å². The third-order valence-corrected chi connectivity index (χ3v) is 6.63. The summed E-state index contributed by atoms with van der Waals surface area (Å²) >= 11 is 1.54. The molecule has 2 saturated heterocycles. The van der Waals surface area contributed by atoms with Gasteiger partial charge in [0.05, 0.1) is 31.2 Å². The van der Waals surface area contributed by atoms with Crippen molar-refractivity contribution in [2.75, 3.05) is 39.4 Å². The van der Waals surface area contributed by atoms with Crippen molar-refractivity contribution in [1.29, 1.82) is 0 Å². The number of piperidine rings is 1. The van der Waals surface area contributed by atoms with Crippen molar-refractivity contribution in [3.8, 4) is 10.6 Å². The first-order valence-electron chi connectivity index (χ1n) is 10.4. The summed E-state index contributed by atoms with van der Waals surface area (Å²) in [5.41, 5.74) is 3.06. The molecular weight excluding hydrogens is 402 g/mol. The highest BCUT2D eigenvalue weighted by Crippen LogP contribution is 2.26. The molecule has 1 aromatic heterocycles. The Labute approximate surface area is 180 Å². The van der Waals surface area contributed by atoms with Gasteiger partial charge < -0.3 is 14.7 Å². The number of rotatable bonds is 6. The average molecular weight is 430 g/mol. The van der Waals surface area contributed by atoms with E-state index in [1.54, 1.807) is 16.2 Å². The molecule has 4 rings (SSSR count). The molecule has 0 radical (unpaired) electrons. The van der Waals surface area contributed by atoms with Gasteiger partial charge in [0.2, 0.25) is 5.91 Å². The summed E-state index contributed by atoms with van der Waals surface area (Å²) < 4.78 is 5.42. The van der Waals surface area contributed by atoms with Gasteiger partial charge in [-0.15, -0.1) is 11.3 Å². The summed E-state index contributed by atoms with van der Waals surface area (Å²) in [6.07, 6.45) is 1.60. The van der Waals surface area contributed by atoms with Gasteiger partial charge in [0.25, 0.3) is 0 Å². The fraction of sp³-hybridized carbons (Fsp3) is 0.500. The van der Waals surface area contributed by atoms with Crippen LogP contribution in [0.2, 0.25) is 0 Å². The van der Waals surface area contributed by atoms with E-state index in [2.05, 4.69) is 34.1 Å². The monoisotopic (exact) mass is 429 g/mol. The number of ether oxygens (including phenoxy) is 1. The number of hydrogen-bond acceptors (Lipinski definition) is 6. The molecular formula is C22H27N3O4S. The zero-order valence-corrected chi connectivity index (χ0v) is 17.8. The Morgan fingerprint density at radius 1 is 1.23 bits per heavy atom. The van der Waals surface area contributed by atoms with Gasteiger partial charge in [-0.25, -0.2) is 4.98 Å². The third kappa shape index (κ3) is 5.24. The van der Waals surface area contributed by atoms with Crippen LogP contribution >= 0.6 is 11.3 Å². The van der Waals surface area contributed by atoms with Crippen molar-refractivity contribution in [1.82, 2.24) is 14.8 Å². The average Bonchev–Trinajstić information content (AvgIpc) is 3.23. The predicted molar refractivity (Wildman–Crippen MR) is 114 cm³/mol. The van der Waals surface area contributed by atoms with Crippen molar-refractivity contribution in [3.05, 3.63) is 40.9 Å². The lowest BCUT2D eigenvalue weighted by Gasteiger charge is -2.30. The molecule has 3 heterocycles. The first-order valence-corrected chi connectivity index (χ1v) is 11.3. The van der Waals surface area contributed by atoms with Gasteiger partial charge in [-0.05, 0) is 24.5 Å². The van der Waals surface area contributed by atoms with Crippen LogP contribution in [-0.2, 0) is 27.3 Å². The second-order valence-corrected chi connectivity index (χ2v) is 8.78. The number of carbonyl (C=O) groups is 2. The van der Waals surface area contributed by atoms with Crippen molar-refractivity contribution >= 4 is 23.2 Å². The minimum atomic E-state index is -0.819. The number of hydrogen-bond donors (Lipinski definition) is 1. The molecule has 1 amide bonds. The highest BCUT2D eigenvalue weighted by atomic mass is 32.1. The number of carbonyl (C=O) groups excluding carboxylic acids is 1. The summed E-state index contributed by atoms with van der Waals surface area (Å²) in [6.45, 7) is 5.30. The smallest absolute Gasteiger partial charge is 0.308 e. The van der Waals surface area contributed by atoms with E-state index in [0.29, 0.717) is 19.5 Å². The molecule has 2 aliphatic heterocycles. The summed E-state index contributed by atoms with van der Waals surface area (Å²) in [5, 5.41) is 12.1. The number of thiazole rings is 1. The molecule has 0 spiro atoms. The number of carboxylic acids is 1. The molecule has 1 N–H and O–H groups in total. The number of benzene rings is 1. The number of aromatic nitrogens is 1. The van der Waals surface area contributed by atoms with Crippen LogP contribution in [-0.4, -0.2) is 71.2 Å². The molecule has 0 saturated carbocycles. The van der Waals surface area contributed by atoms with E-state index in [9.17, 15) is 14.7 Å². The first kappa shape index (κ1) is 21.0. The van der Waals surface area contributed by atoms with Gasteiger partial charge in [-0.2, -0.15) is 0 Å².